The van der Waals surface area contributed by atoms with E-state index in [4.69, 9.17) is 0 Å². The van der Waals surface area contributed by atoms with Crippen molar-refractivity contribution in [1.29, 1.82) is 0 Å². The molecule has 2 heterocycles. The van der Waals surface area contributed by atoms with E-state index in [1.807, 2.05) is 6.07 Å². The lowest BCUT2D eigenvalue weighted by Gasteiger charge is -2.23. The first-order valence-corrected chi connectivity index (χ1v) is 8.58. The zero-order chi connectivity index (χ0) is 18.3. The Hall–Kier alpha value is -2.80. The van der Waals surface area contributed by atoms with Crippen LogP contribution < -0.4 is 5.32 Å². The number of nitrogens with zero attached hydrogens (tertiary/aromatic N) is 3. The van der Waals surface area contributed by atoms with Crippen molar-refractivity contribution in [2.45, 2.75) is 38.2 Å². The summed E-state index contributed by atoms with van der Waals surface area (Å²) in [6.45, 7) is 3.25. The van der Waals surface area contributed by atoms with Crippen LogP contribution in [0.4, 0.5) is 16.0 Å². The Labute approximate surface area is 150 Å². The van der Waals surface area contributed by atoms with E-state index < -0.39 is 5.60 Å². The van der Waals surface area contributed by atoms with Crippen molar-refractivity contribution in [2.75, 3.05) is 5.32 Å². The fourth-order valence-electron chi connectivity index (χ4n) is 2.87. The Bertz CT molecular complexity index is 949. The van der Waals surface area contributed by atoms with Crippen molar-refractivity contribution in [3.05, 3.63) is 65.0 Å². The Morgan fingerprint density at radius 2 is 2.04 bits per heavy atom. The number of nitrogens with one attached hydrogen (secondary N) is 2. The van der Waals surface area contributed by atoms with Crippen molar-refractivity contribution in [3.63, 3.8) is 0 Å². The number of halogens is 1. The molecule has 2 aromatic heterocycles. The molecule has 1 aliphatic carbocycles. The van der Waals surface area contributed by atoms with Gasteiger partial charge in [-0.15, -0.1) is 0 Å². The molecule has 0 radical (unpaired) electrons. The average Bonchev–Trinajstić information content (AvgIpc) is 3.37. The summed E-state index contributed by atoms with van der Waals surface area (Å²) in [5, 5.41) is 21.4. The van der Waals surface area contributed by atoms with Gasteiger partial charge >= 0.3 is 0 Å². The highest BCUT2D eigenvalue weighted by Crippen LogP contribution is 2.39. The average molecular weight is 353 g/mol. The maximum atomic E-state index is 13.5. The zero-order valence-electron chi connectivity index (χ0n) is 14.6. The highest BCUT2D eigenvalue weighted by atomic mass is 19.1. The van der Waals surface area contributed by atoms with Crippen molar-refractivity contribution in [3.8, 4) is 0 Å². The summed E-state index contributed by atoms with van der Waals surface area (Å²) in [6, 6.07) is 8.17. The molecule has 1 aromatic carbocycles. The smallest absolute Gasteiger partial charge is 0.166 e. The van der Waals surface area contributed by atoms with E-state index in [1.165, 1.54) is 18.9 Å². The van der Waals surface area contributed by atoms with E-state index in [0.29, 0.717) is 28.7 Å². The van der Waals surface area contributed by atoms with Gasteiger partial charge in [-0.1, -0.05) is 6.07 Å². The van der Waals surface area contributed by atoms with E-state index in [2.05, 4.69) is 25.5 Å². The van der Waals surface area contributed by atoms with Crippen LogP contribution in [0.15, 0.2) is 36.5 Å². The maximum Gasteiger partial charge on any atom is 0.166 e. The molecule has 3 N–H and O–H groups in total. The van der Waals surface area contributed by atoms with Gasteiger partial charge in [0.2, 0.25) is 0 Å². The molecule has 1 unspecified atom stereocenters. The number of aromatic amines is 1. The van der Waals surface area contributed by atoms with E-state index in [-0.39, 0.29) is 11.6 Å². The first kappa shape index (κ1) is 16.7. The highest BCUT2D eigenvalue weighted by molar-refractivity contribution is 5.52. The number of rotatable bonds is 5. The second kappa shape index (κ2) is 6.17. The minimum Gasteiger partial charge on any atom is -0.377 e. The number of hydrogen-bond acceptors (Lipinski definition) is 5. The molecule has 1 saturated carbocycles. The Morgan fingerprint density at radius 3 is 2.77 bits per heavy atom. The number of aryl methyl sites for hydroxylation is 1. The van der Waals surface area contributed by atoms with Gasteiger partial charge in [0.15, 0.2) is 11.6 Å². The number of hydrogen-bond donors (Lipinski definition) is 3. The summed E-state index contributed by atoms with van der Waals surface area (Å²) in [5.41, 5.74) is 0.669. The topological polar surface area (TPSA) is 86.7 Å². The Kier molecular flexibility index (Phi) is 3.96. The molecule has 7 heteroatoms. The van der Waals surface area contributed by atoms with Crippen molar-refractivity contribution in [2.24, 2.45) is 0 Å². The molecule has 6 nitrogen and oxygen atoms in total. The van der Waals surface area contributed by atoms with Crippen molar-refractivity contribution >= 4 is 11.6 Å². The number of H-pyrrole nitrogens is 1. The van der Waals surface area contributed by atoms with Gasteiger partial charge in [0.1, 0.15) is 17.2 Å². The van der Waals surface area contributed by atoms with E-state index in [9.17, 15) is 9.50 Å². The monoisotopic (exact) mass is 353 g/mol. The normalized spacial score (nSPS) is 16.3. The molecule has 3 aromatic rings. The van der Waals surface area contributed by atoms with Crippen LogP contribution in [0, 0.1) is 12.7 Å². The molecule has 0 saturated heterocycles. The first-order chi connectivity index (χ1) is 12.4. The molecule has 1 atom stereocenters. The van der Waals surface area contributed by atoms with E-state index in [1.54, 1.807) is 38.2 Å². The van der Waals surface area contributed by atoms with E-state index >= 15 is 0 Å². The molecule has 134 valence electrons. The van der Waals surface area contributed by atoms with Gasteiger partial charge in [0, 0.05) is 23.9 Å². The lowest BCUT2D eigenvalue weighted by Crippen LogP contribution is -2.26. The van der Waals surface area contributed by atoms with Gasteiger partial charge < -0.3 is 10.4 Å². The van der Waals surface area contributed by atoms with E-state index in [0.717, 1.165) is 5.69 Å². The summed E-state index contributed by atoms with van der Waals surface area (Å²) in [4.78, 5) is 8.62. The summed E-state index contributed by atoms with van der Waals surface area (Å²) in [5.74, 6) is 1.70. The van der Waals surface area contributed by atoms with Gasteiger partial charge in [-0.2, -0.15) is 5.10 Å². The molecular formula is C19H20FN5O. The maximum absolute atomic E-state index is 13.5. The van der Waals surface area contributed by atoms with Crippen LogP contribution in [0.5, 0.6) is 0 Å². The predicted octanol–water partition coefficient (Wildman–Crippen LogP) is 3.52. The first-order valence-electron chi connectivity index (χ1n) is 8.58. The van der Waals surface area contributed by atoms with Crippen LogP contribution in [0.1, 0.15) is 48.3 Å². The van der Waals surface area contributed by atoms with Crippen LogP contribution in [0.2, 0.25) is 0 Å². The van der Waals surface area contributed by atoms with Gasteiger partial charge in [-0.05, 0) is 56.0 Å². The Morgan fingerprint density at radius 1 is 1.23 bits per heavy atom. The lowest BCUT2D eigenvalue weighted by molar-refractivity contribution is 0.0921. The predicted molar refractivity (Wildman–Crippen MR) is 95.7 cm³/mol. The lowest BCUT2D eigenvalue weighted by atomic mass is 9.93. The van der Waals surface area contributed by atoms with Gasteiger partial charge in [-0.25, -0.2) is 14.4 Å². The second-order valence-corrected chi connectivity index (χ2v) is 6.91. The van der Waals surface area contributed by atoms with Crippen molar-refractivity contribution < 1.29 is 9.50 Å². The SMILES string of the molecule is Cc1cc(C(C)(O)c2nccc(Nc3cc(C4CC4)[nH]n3)n2)ccc1F. The summed E-state index contributed by atoms with van der Waals surface area (Å²) >= 11 is 0. The molecule has 4 rings (SSSR count). The number of aromatic nitrogens is 4. The summed E-state index contributed by atoms with van der Waals surface area (Å²) < 4.78 is 13.5. The van der Waals surface area contributed by atoms with Gasteiger partial charge in [-0.3, -0.25) is 5.10 Å². The Balaban J connectivity index is 1.60. The van der Waals surface area contributed by atoms with Crippen LogP contribution in [0.3, 0.4) is 0 Å². The van der Waals surface area contributed by atoms with Crippen LogP contribution >= 0.6 is 0 Å². The molecule has 0 bridgehead atoms. The largest absolute Gasteiger partial charge is 0.377 e. The molecule has 1 aliphatic rings. The molecule has 0 aliphatic heterocycles. The fourth-order valence-corrected chi connectivity index (χ4v) is 2.87. The van der Waals surface area contributed by atoms with Crippen molar-refractivity contribution in [1.82, 2.24) is 20.2 Å². The van der Waals surface area contributed by atoms with Gasteiger partial charge in [0.05, 0.1) is 0 Å². The molecule has 1 fully saturated rings. The van der Waals surface area contributed by atoms with Crippen LogP contribution in [-0.2, 0) is 5.60 Å². The number of benzene rings is 1. The third-order valence-electron chi connectivity index (χ3n) is 4.68. The minimum atomic E-state index is -1.44. The summed E-state index contributed by atoms with van der Waals surface area (Å²) in [6.07, 6.45) is 3.96. The highest BCUT2D eigenvalue weighted by Gasteiger charge is 2.30. The zero-order valence-corrected chi connectivity index (χ0v) is 14.6. The third-order valence-corrected chi connectivity index (χ3v) is 4.68. The van der Waals surface area contributed by atoms with Crippen LogP contribution in [-0.4, -0.2) is 25.3 Å². The summed E-state index contributed by atoms with van der Waals surface area (Å²) in [7, 11) is 0. The minimum absolute atomic E-state index is 0.228. The van der Waals surface area contributed by atoms with Crippen LogP contribution in [0.25, 0.3) is 0 Å². The fraction of sp³-hybridized carbons (Fsp3) is 0.316. The second-order valence-electron chi connectivity index (χ2n) is 6.91. The molecular weight excluding hydrogens is 333 g/mol. The van der Waals surface area contributed by atoms with Gasteiger partial charge in [0.25, 0.3) is 0 Å². The molecule has 26 heavy (non-hydrogen) atoms. The third kappa shape index (κ3) is 3.17. The number of anilines is 2. The molecule has 0 amide bonds. The molecule has 0 spiro atoms. The number of aliphatic hydroxyl groups is 1. The quantitative estimate of drug-likeness (QED) is 0.653. The standard InChI is InChI=1S/C19H20FN5O/c1-11-9-13(5-6-14(11)20)19(2,26)18-21-8-7-16(23-18)22-17-10-15(24-25-17)12-3-4-12/h5-10,12,26H,3-4H2,1-2H3,(H2,21,22,23,24,25).